The molecule has 0 heterocycles. The van der Waals surface area contributed by atoms with Crippen molar-refractivity contribution in [2.75, 3.05) is 0 Å². The Kier molecular flexibility index (Phi) is 9.49. The molecule has 39 heavy (non-hydrogen) atoms. The normalized spacial score (nSPS) is 12.3. The van der Waals surface area contributed by atoms with Gasteiger partial charge in [0.15, 0.2) is 0 Å². The molecule has 4 aromatic rings. The second-order valence-electron chi connectivity index (χ2n) is 8.86. The number of carbonyl (C=O) groups is 1. The number of aryl methyl sites for hydroxylation is 1. The Hall–Kier alpha value is -3.98. The molecule has 2 N–H and O–H groups in total. The van der Waals surface area contributed by atoms with Gasteiger partial charge < -0.3 is 4.74 Å². The van der Waals surface area contributed by atoms with Crippen LogP contribution in [0.1, 0.15) is 22.3 Å². The minimum absolute atomic E-state index is 0.0780. The predicted octanol–water partition coefficient (Wildman–Crippen LogP) is 5.27. The van der Waals surface area contributed by atoms with Crippen molar-refractivity contribution < 1.29 is 17.9 Å². The van der Waals surface area contributed by atoms with E-state index in [0.717, 1.165) is 16.7 Å². The SMILES string of the molecule is Cc1ccc(S(=O)(=O)NC(Cc2ccccc2)C(=O)N/N=C/c2ccccc2OCc2ccc(Cl)cc2)cc1. The van der Waals surface area contributed by atoms with Crippen molar-refractivity contribution in [3.63, 3.8) is 0 Å². The Morgan fingerprint density at radius 3 is 2.28 bits per heavy atom. The van der Waals surface area contributed by atoms with Crippen molar-refractivity contribution in [2.24, 2.45) is 5.10 Å². The Labute approximate surface area is 233 Å². The van der Waals surface area contributed by atoms with Crippen LogP contribution in [0.15, 0.2) is 113 Å². The van der Waals surface area contributed by atoms with Crippen LogP contribution in [0, 0.1) is 6.92 Å². The monoisotopic (exact) mass is 561 g/mol. The van der Waals surface area contributed by atoms with Crippen LogP contribution in [0.25, 0.3) is 0 Å². The molecule has 4 aromatic carbocycles. The summed E-state index contributed by atoms with van der Waals surface area (Å²) in [6.07, 6.45) is 1.61. The summed E-state index contributed by atoms with van der Waals surface area (Å²) in [4.78, 5) is 13.2. The van der Waals surface area contributed by atoms with E-state index in [1.54, 1.807) is 36.4 Å². The van der Waals surface area contributed by atoms with Gasteiger partial charge in [-0.3, -0.25) is 4.79 Å². The van der Waals surface area contributed by atoms with Crippen LogP contribution in [-0.2, 0) is 27.8 Å². The maximum atomic E-state index is 13.1. The molecule has 1 atom stereocenters. The summed E-state index contributed by atoms with van der Waals surface area (Å²) in [6.45, 7) is 2.20. The molecule has 200 valence electrons. The van der Waals surface area contributed by atoms with Crippen LogP contribution in [-0.4, -0.2) is 26.6 Å². The maximum Gasteiger partial charge on any atom is 0.258 e. The number of nitrogens with one attached hydrogen (secondary N) is 2. The molecule has 1 unspecified atom stereocenters. The molecule has 0 aliphatic rings. The Morgan fingerprint density at radius 1 is 0.897 bits per heavy atom. The fourth-order valence-corrected chi connectivity index (χ4v) is 5.04. The van der Waals surface area contributed by atoms with E-state index in [2.05, 4.69) is 15.2 Å². The molecule has 0 aromatic heterocycles. The third-order valence-corrected chi connectivity index (χ3v) is 7.57. The minimum Gasteiger partial charge on any atom is -0.488 e. The summed E-state index contributed by atoms with van der Waals surface area (Å²) in [5.41, 5.74) is 5.80. The lowest BCUT2D eigenvalue weighted by Gasteiger charge is -2.17. The number of nitrogens with zero attached hydrogens (tertiary/aromatic N) is 1. The van der Waals surface area contributed by atoms with Crippen LogP contribution < -0.4 is 14.9 Å². The standard InChI is InChI=1S/C30H28ClN3O4S/c1-22-11-17-27(18-12-22)39(36,37)34-28(19-23-7-3-2-4-8-23)30(35)33-32-20-25-9-5-6-10-29(25)38-21-24-13-15-26(31)16-14-24/h2-18,20,28,34H,19,21H2,1H3,(H,33,35)/b32-20+. The maximum absolute atomic E-state index is 13.1. The molecule has 4 rings (SSSR count). The Balaban J connectivity index is 1.47. The number of hydrazone groups is 1. The lowest BCUT2D eigenvalue weighted by atomic mass is 10.1. The van der Waals surface area contributed by atoms with E-state index in [1.165, 1.54) is 18.3 Å². The highest BCUT2D eigenvalue weighted by atomic mass is 35.5. The Morgan fingerprint density at radius 2 is 1.56 bits per heavy atom. The summed E-state index contributed by atoms with van der Waals surface area (Å²) in [5, 5.41) is 4.74. The molecule has 1 amide bonds. The van der Waals surface area contributed by atoms with Crippen molar-refractivity contribution in [3.05, 3.63) is 130 Å². The van der Waals surface area contributed by atoms with Crippen molar-refractivity contribution in [2.45, 2.75) is 30.9 Å². The first-order chi connectivity index (χ1) is 18.8. The molecule has 0 saturated heterocycles. The Bertz CT molecular complexity index is 1520. The van der Waals surface area contributed by atoms with Gasteiger partial charge in [-0.2, -0.15) is 9.82 Å². The third kappa shape index (κ3) is 8.25. The zero-order chi connectivity index (χ0) is 27.7. The van der Waals surface area contributed by atoms with Gasteiger partial charge in [0.1, 0.15) is 18.4 Å². The van der Waals surface area contributed by atoms with Crippen LogP contribution >= 0.6 is 11.6 Å². The number of rotatable bonds is 11. The largest absolute Gasteiger partial charge is 0.488 e. The van der Waals surface area contributed by atoms with Gasteiger partial charge in [-0.05, 0) is 60.9 Å². The average Bonchev–Trinajstić information content (AvgIpc) is 2.93. The first-order valence-electron chi connectivity index (χ1n) is 12.2. The van der Waals surface area contributed by atoms with Gasteiger partial charge in [-0.15, -0.1) is 0 Å². The first kappa shape index (κ1) is 28.0. The predicted molar refractivity (Wildman–Crippen MR) is 153 cm³/mol. The van der Waals surface area contributed by atoms with Crippen LogP contribution in [0.4, 0.5) is 0 Å². The summed E-state index contributed by atoms with van der Waals surface area (Å²) in [5.74, 6) is -0.0169. The quantitative estimate of drug-likeness (QED) is 0.193. The van der Waals surface area contributed by atoms with E-state index in [9.17, 15) is 13.2 Å². The zero-order valence-electron chi connectivity index (χ0n) is 21.3. The van der Waals surface area contributed by atoms with E-state index in [1.807, 2.05) is 61.5 Å². The third-order valence-electron chi connectivity index (χ3n) is 5.83. The fourth-order valence-electron chi connectivity index (χ4n) is 3.71. The summed E-state index contributed by atoms with van der Waals surface area (Å²) in [7, 11) is -3.95. The molecule has 0 aliphatic heterocycles. The highest BCUT2D eigenvalue weighted by Gasteiger charge is 2.26. The molecule has 0 bridgehead atoms. The van der Waals surface area contributed by atoms with Gasteiger partial charge in [0, 0.05) is 10.6 Å². The summed E-state index contributed by atoms with van der Waals surface area (Å²) >= 11 is 5.95. The number of carbonyl (C=O) groups excluding carboxylic acids is 1. The van der Waals surface area contributed by atoms with Crippen molar-refractivity contribution in [1.82, 2.24) is 10.1 Å². The topological polar surface area (TPSA) is 96.9 Å². The fraction of sp³-hybridized carbons (Fsp3) is 0.133. The van der Waals surface area contributed by atoms with E-state index in [4.69, 9.17) is 16.3 Å². The van der Waals surface area contributed by atoms with Gasteiger partial charge >= 0.3 is 0 Å². The van der Waals surface area contributed by atoms with Crippen molar-refractivity contribution >= 4 is 33.7 Å². The van der Waals surface area contributed by atoms with Crippen molar-refractivity contribution in [1.29, 1.82) is 0 Å². The van der Waals surface area contributed by atoms with E-state index < -0.39 is 22.0 Å². The van der Waals surface area contributed by atoms with E-state index >= 15 is 0 Å². The molecule has 7 nitrogen and oxygen atoms in total. The van der Waals surface area contributed by atoms with Crippen LogP contribution in [0.2, 0.25) is 5.02 Å². The van der Waals surface area contributed by atoms with Crippen LogP contribution in [0.3, 0.4) is 0 Å². The zero-order valence-corrected chi connectivity index (χ0v) is 22.8. The van der Waals surface area contributed by atoms with Crippen LogP contribution in [0.5, 0.6) is 5.75 Å². The summed E-state index contributed by atoms with van der Waals surface area (Å²) < 4.78 is 34.5. The summed E-state index contributed by atoms with van der Waals surface area (Å²) in [6, 6.07) is 29.1. The molecule has 0 fully saturated rings. The minimum atomic E-state index is -3.95. The number of amides is 1. The number of sulfonamides is 1. The van der Waals surface area contributed by atoms with Gasteiger partial charge in [-0.25, -0.2) is 13.8 Å². The molecule has 9 heteroatoms. The molecule has 0 saturated carbocycles. The molecule has 0 spiro atoms. The average molecular weight is 562 g/mol. The number of halogens is 1. The molecular weight excluding hydrogens is 534 g/mol. The lowest BCUT2D eigenvalue weighted by Crippen LogP contribution is -2.46. The second-order valence-corrected chi connectivity index (χ2v) is 11.0. The van der Waals surface area contributed by atoms with Gasteiger partial charge in [-0.1, -0.05) is 83.9 Å². The highest BCUT2D eigenvalue weighted by Crippen LogP contribution is 2.19. The van der Waals surface area contributed by atoms with E-state index in [0.29, 0.717) is 22.9 Å². The second kappa shape index (κ2) is 13.2. The van der Waals surface area contributed by atoms with E-state index in [-0.39, 0.29) is 11.3 Å². The number of benzene rings is 4. The van der Waals surface area contributed by atoms with Gasteiger partial charge in [0.25, 0.3) is 5.91 Å². The van der Waals surface area contributed by atoms with Gasteiger partial charge in [0.2, 0.25) is 10.0 Å². The number of hydrogen-bond donors (Lipinski definition) is 2. The number of hydrogen-bond acceptors (Lipinski definition) is 5. The molecule has 0 radical (unpaired) electrons. The number of para-hydroxylation sites is 1. The molecule has 0 aliphatic carbocycles. The lowest BCUT2D eigenvalue weighted by molar-refractivity contribution is -0.122. The highest BCUT2D eigenvalue weighted by molar-refractivity contribution is 7.89. The first-order valence-corrected chi connectivity index (χ1v) is 14.1. The molecular formula is C30H28ClN3O4S. The van der Waals surface area contributed by atoms with Gasteiger partial charge in [0.05, 0.1) is 11.1 Å². The number of ether oxygens (including phenoxy) is 1. The smallest absolute Gasteiger partial charge is 0.258 e. The van der Waals surface area contributed by atoms with Crippen molar-refractivity contribution in [3.8, 4) is 5.75 Å².